The monoisotopic (exact) mass is 376 g/mol. The Hall–Kier alpha value is -1.87. The number of Topliss-reactive ketones (excluding diaryl/α,β-unsaturated/α-hetero) is 1. The van der Waals surface area contributed by atoms with Crippen LogP contribution in [-0.4, -0.2) is 43.4 Å². The van der Waals surface area contributed by atoms with E-state index in [1.165, 1.54) is 60.8 Å². The van der Waals surface area contributed by atoms with Gasteiger partial charge in [-0.05, 0) is 54.2 Å². The molecule has 1 saturated heterocycles. The Labute approximate surface area is 168 Å². The van der Waals surface area contributed by atoms with Crippen molar-refractivity contribution in [2.75, 3.05) is 37.6 Å². The molecule has 2 aromatic carbocycles. The molecule has 1 saturated carbocycles. The van der Waals surface area contributed by atoms with Crippen LogP contribution in [0.1, 0.15) is 55.5 Å². The first kappa shape index (κ1) is 18.2. The maximum Gasteiger partial charge on any atom is 0.167 e. The lowest BCUT2D eigenvalue weighted by molar-refractivity contribution is 0.0225. The highest BCUT2D eigenvalue weighted by Crippen LogP contribution is 2.47. The average Bonchev–Trinajstić information content (AvgIpc) is 2.83. The van der Waals surface area contributed by atoms with Crippen LogP contribution in [0.5, 0.6) is 0 Å². The Morgan fingerprint density at radius 3 is 2.61 bits per heavy atom. The normalized spacial score (nSPS) is 22.0. The standard InChI is InChI=1S/C25H32N2O/c1-18(2)25(10-4-11-25)17-26-12-5-13-27(15-14-26)22-9-8-19-16-23(28)21-7-3-6-20(22)24(19)21/h3,6-9,18H,4-5,10-17H2,1-2H3. The predicted octanol–water partition coefficient (Wildman–Crippen LogP) is 4.92. The second-order valence-electron chi connectivity index (χ2n) is 9.56. The average molecular weight is 377 g/mol. The lowest BCUT2D eigenvalue weighted by Gasteiger charge is -2.48. The SMILES string of the molecule is CC(C)C1(CN2CCCN(c3ccc4c5c(cccc35)C(=O)C4)CC2)CCC1. The summed E-state index contributed by atoms with van der Waals surface area (Å²) in [5.74, 6) is 1.06. The summed E-state index contributed by atoms with van der Waals surface area (Å²) in [6, 6.07) is 10.7. The van der Waals surface area contributed by atoms with Crippen LogP contribution in [0.3, 0.4) is 0 Å². The van der Waals surface area contributed by atoms with Crippen LogP contribution in [0.15, 0.2) is 30.3 Å². The fourth-order valence-corrected chi connectivity index (χ4v) is 5.75. The van der Waals surface area contributed by atoms with E-state index in [0.29, 0.717) is 11.8 Å². The molecule has 0 radical (unpaired) electrons. The van der Waals surface area contributed by atoms with Crippen molar-refractivity contribution in [2.45, 2.75) is 46.0 Å². The Morgan fingerprint density at radius 2 is 1.86 bits per heavy atom. The maximum absolute atomic E-state index is 12.3. The van der Waals surface area contributed by atoms with E-state index in [2.05, 4.69) is 47.9 Å². The zero-order chi connectivity index (χ0) is 19.3. The molecule has 0 bridgehead atoms. The minimum absolute atomic E-state index is 0.277. The summed E-state index contributed by atoms with van der Waals surface area (Å²) in [4.78, 5) is 17.6. The van der Waals surface area contributed by atoms with Gasteiger partial charge in [0.15, 0.2) is 5.78 Å². The zero-order valence-electron chi connectivity index (χ0n) is 17.3. The predicted molar refractivity (Wildman–Crippen MR) is 116 cm³/mol. The molecule has 0 N–H and O–H groups in total. The van der Waals surface area contributed by atoms with Gasteiger partial charge in [0, 0.05) is 49.2 Å². The van der Waals surface area contributed by atoms with E-state index in [-0.39, 0.29) is 5.78 Å². The highest BCUT2D eigenvalue weighted by atomic mass is 16.1. The Morgan fingerprint density at radius 1 is 1.00 bits per heavy atom. The maximum atomic E-state index is 12.3. The molecule has 1 aliphatic heterocycles. The molecule has 3 heteroatoms. The molecule has 1 heterocycles. The summed E-state index contributed by atoms with van der Waals surface area (Å²) in [5, 5.41) is 2.48. The Kier molecular flexibility index (Phi) is 4.46. The zero-order valence-corrected chi connectivity index (χ0v) is 17.3. The van der Waals surface area contributed by atoms with Crippen molar-refractivity contribution in [1.82, 2.24) is 4.90 Å². The molecule has 0 spiro atoms. The number of anilines is 1. The largest absolute Gasteiger partial charge is 0.370 e. The van der Waals surface area contributed by atoms with Crippen molar-refractivity contribution in [3.63, 3.8) is 0 Å². The quantitative estimate of drug-likeness (QED) is 0.757. The number of rotatable bonds is 4. The summed E-state index contributed by atoms with van der Waals surface area (Å²) in [6.07, 6.45) is 6.02. The first-order valence-corrected chi connectivity index (χ1v) is 11.1. The molecule has 28 heavy (non-hydrogen) atoms. The van der Waals surface area contributed by atoms with Crippen LogP contribution in [0.25, 0.3) is 10.8 Å². The summed E-state index contributed by atoms with van der Waals surface area (Å²) in [6.45, 7) is 10.7. The molecular formula is C25H32N2O. The molecule has 0 amide bonds. The molecule has 2 aliphatic carbocycles. The van der Waals surface area contributed by atoms with Gasteiger partial charge in [-0.3, -0.25) is 4.79 Å². The van der Waals surface area contributed by atoms with Crippen molar-refractivity contribution < 1.29 is 4.79 Å². The summed E-state index contributed by atoms with van der Waals surface area (Å²) >= 11 is 0. The highest BCUT2D eigenvalue weighted by Gasteiger charge is 2.41. The van der Waals surface area contributed by atoms with Crippen LogP contribution in [0.2, 0.25) is 0 Å². The summed E-state index contributed by atoms with van der Waals surface area (Å²) < 4.78 is 0. The van der Waals surface area contributed by atoms with Gasteiger partial charge in [-0.1, -0.05) is 44.5 Å². The van der Waals surface area contributed by atoms with E-state index in [4.69, 9.17) is 0 Å². The fourth-order valence-electron chi connectivity index (χ4n) is 5.75. The van der Waals surface area contributed by atoms with Crippen LogP contribution in [-0.2, 0) is 6.42 Å². The van der Waals surface area contributed by atoms with Gasteiger partial charge >= 0.3 is 0 Å². The van der Waals surface area contributed by atoms with Crippen LogP contribution in [0.4, 0.5) is 5.69 Å². The number of hydrogen-bond acceptors (Lipinski definition) is 3. The van der Waals surface area contributed by atoms with Gasteiger partial charge in [-0.25, -0.2) is 0 Å². The molecule has 0 aromatic heterocycles. The van der Waals surface area contributed by atoms with Crippen LogP contribution >= 0.6 is 0 Å². The Balaban J connectivity index is 1.37. The second kappa shape index (κ2) is 6.88. The molecule has 0 unspecified atom stereocenters. The van der Waals surface area contributed by atoms with E-state index in [1.807, 2.05) is 6.07 Å². The van der Waals surface area contributed by atoms with Crippen molar-refractivity contribution in [3.8, 4) is 0 Å². The highest BCUT2D eigenvalue weighted by molar-refractivity contribution is 6.17. The molecule has 2 fully saturated rings. The van der Waals surface area contributed by atoms with E-state index in [0.717, 1.165) is 31.1 Å². The van der Waals surface area contributed by atoms with Crippen molar-refractivity contribution >= 4 is 22.2 Å². The molecule has 0 atom stereocenters. The van der Waals surface area contributed by atoms with E-state index in [1.54, 1.807) is 0 Å². The van der Waals surface area contributed by atoms with Crippen molar-refractivity contribution in [1.29, 1.82) is 0 Å². The first-order valence-electron chi connectivity index (χ1n) is 11.1. The van der Waals surface area contributed by atoms with E-state index < -0.39 is 0 Å². The third kappa shape index (κ3) is 2.86. The van der Waals surface area contributed by atoms with Gasteiger partial charge in [0.2, 0.25) is 0 Å². The number of carbonyl (C=O) groups excluding carboxylic acids is 1. The fraction of sp³-hybridized carbons (Fsp3) is 0.560. The number of ketones is 1. The summed E-state index contributed by atoms with van der Waals surface area (Å²) in [7, 11) is 0. The molecule has 3 aliphatic rings. The first-order chi connectivity index (χ1) is 13.6. The van der Waals surface area contributed by atoms with Gasteiger partial charge in [-0.15, -0.1) is 0 Å². The smallest absolute Gasteiger partial charge is 0.167 e. The molecule has 5 rings (SSSR count). The van der Waals surface area contributed by atoms with Crippen molar-refractivity contribution in [2.24, 2.45) is 11.3 Å². The van der Waals surface area contributed by atoms with Gasteiger partial charge in [-0.2, -0.15) is 0 Å². The minimum atomic E-state index is 0.277. The van der Waals surface area contributed by atoms with E-state index >= 15 is 0 Å². The number of nitrogens with zero attached hydrogens (tertiary/aromatic N) is 2. The molecule has 2 aromatic rings. The Bertz CT molecular complexity index is 912. The lowest BCUT2D eigenvalue weighted by Crippen LogP contribution is -2.46. The van der Waals surface area contributed by atoms with Gasteiger partial charge < -0.3 is 9.80 Å². The third-order valence-electron chi connectivity index (χ3n) is 7.80. The van der Waals surface area contributed by atoms with Crippen LogP contribution in [0, 0.1) is 11.3 Å². The molecule has 3 nitrogen and oxygen atoms in total. The van der Waals surface area contributed by atoms with Crippen molar-refractivity contribution in [3.05, 3.63) is 41.5 Å². The molecular weight excluding hydrogens is 344 g/mol. The van der Waals surface area contributed by atoms with Crippen LogP contribution < -0.4 is 4.90 Å². The lowest BCUT2D eigenvalue weighted by atomic mass is 9.62. The topological polar surface area (TPSA) is 23.6 Å². The number of carbonyl (C=O) groups is 1. The molecule has 148 valence electrons. The minimum Gasteiger partial charge on any atom is -0.370 e. The number of hydrogen-bond donors (Lipinski definition) is 0. The summed E-state index contributed by atoms with van der Waals surface area (Å²) in [5.41, 5.74) is 4.02. The van der Waals surface area contributed by atoms with Gasteiger partial charge in [0.25, 0.3) is 0 Å². The van der Waals surface area contributed by atoms with Gasteiger partial charge in [0.1, 0.15) is 0 Å². The third-order valence-corrected chi connectivity index (χ3v) is 7.80. The van der Waals surface area contributed by atoms with Gasteiger partial charge in [0.05, 0.1) is 0 Å². The number of benzene rings is 2. The second-order valence-corrected chi connectivity index (χ2v) is 9.56. The van der Waals surface area contributed by atoms with E-state index in [9.17, 15) is 4.79 Å².